The molecule has 0 bridgehead atoms. The molecule has 1 amide bonds. The van der Waals surface area contributed by atoms with Crippen molar-refractivity contribution in [3.8, 4) is 5.75 Å². The van der Waals surface area contributed by atoms with Crippen molar-refractivity contribution in [2.45, 2.75) is 38.3 Å². The van der Waals surface area contributed by atoms with Crippen LogP contribution in [0.15, 0.2) is 48.5 Å². The van der Waals surface area contributed by atoms with E-state index >= 15 is 0 Å². The summed E-state index contributed by atoms with van der Waals surface area (Å²) in [4.78, 5) is 13.0. The lowest BCUT2D eigenvalue weighted by molar-refractivity contribution is -0.129. The molecule has 0 saturated carbocycles. The summed E-state index contributed by atoms with van der Waals surface area (Å²) in [6, 6.07) is 14.6. The lowest BCUT2D eigenvalue weighted by Crippen LogP contribution is -2.50. The van der Waals surface area contributed by atoms with Gasteiger partial charge >= 0.3 is 0 Å². The summed E-state index contributed by atoms with van der Waals surface area (Å²) in [6.45, 7) is 4.03. The summed E-state index contributed by atoms with van der Waals surface area (Å²) in [5, 5.41) is 3.44. The van der Waals surface area contributed by atoms with Gasteiger partial charge in [-0.25, -0.2) is 8.42 Å². The fraction of sp³-hybridized carbons (Fsp3) is 0.381. The highest BCUT2D eigenvalue weighted by atomic mass is 35.5. The number of carbonyl (C=O) groups is 1. The van der Waals surface area contributed by atoms with E-state index in [2.05, 4.69) is 5.32 Å². The molecule has 0 aromatic heterocycles. The normalized spacial score (nSPS) is 17.1. The Morgan fingerprint density at radius 1 is 1.24 bits per heavy atom. The molecule has 1 atom stereocenters. The van der Waals surface area contributed by atoms with Gasteiger partial charge in [0.25, 0.3) is 5.91 Å². The van der Waals surface area contributed by atoms with Gasteiger partial charge in [0.05, 0.1) is 11.9 Å². The number of fused-ring (bicyclic) bond motifs is 1. The highest BCUT2D eigenvalue weighted by molar-refractivity contribution is 7.92. The quantitative estimate of drug-likeness (QED) is 0.779. The molecule has 0 spiro atoms. The number of benzene rings is 2. The van der Waals surface area contributed by atoms with E-state index in [0.717, 1.165) is 11.8 Å². The van der Waals surface area contributed by atoms with Gasteiger partial charge in [-0.05, 0) is 44.0 Å². The molecular weight excluding hydrogens is 412 g/mol. The second-order valence-electron chi connectivity index (χ2n) is 7.88. The van der Waals surface area contributed by atoms with Crippen LogP contribution in [0.5, 0.6) is 5.75 Å². The van der Waals surface area contributed by atoms with Gasteiger partial charge in [0, 0.05) is 23.5 Å². The number of nitrogens with zero attached hydrogens (tertiary/aromatic N) is 1. The number of sulfonamides is 1. The third-order valence-corrected chi connectivity index (χ3v) is 6.11. The van der Waals surface area contributed by atoms with Crippen molar-refractivity contribution in [2.75, 3.05) is 17.1 Å². The predicted octanol–water partition coefficient (Wildman–Crippen LogP) is 3.39. The van der Waals surface area contributed by atoms with Gasteiger partial charge in [0.1, 0.15) is 5.75 Å². The highest BCUT2D eigenvalue weighted by Crippen LogP contribution is 2.36. The number of ether oxygens (including phenoxy) is 1. The van der Waals surface area contributed by atoms with Gasteiger partial charge in [0.2, 0.25) is 10.0 Å². The third-order valence-electron chi connectivity index (χ3n) is 4.70. The van der Waals surface area contributed by atoms with Crippen molar-refractivity contribution in [3.63, 3.8) is 0 Å². The summed E-state index contributed by atoms with van der Waals surface area (Å²) >= 11 is 6.05. The van der Waals surface area contributed by atoms with Crippen LogP contribution >= 0.6 is 11.6 Å². The molecule has 156 valence electrons. The van der Waals surface area contributed by atoms with E-state index in [1.54, 1.807) is 12.1 Å². The van der Waals surface area contributed by atoms with E-state index in [1.807, 2.05) is 44.2 Å². The first-order chi connectivity index (χ1) is 13.5. The third kappa shape index (κ3) is 5.42. The molecule has 2 aromatic rings. The van der Waals surface area contributed by atoms with E-state index in [9.17, 15) is 13.2 Å². The number of rotatable bonds is 5. The van der Waals surface area contributed by atoms with Gasteiger partial charge in [-0.3, -0.25) is 9.10 Å². The maximum atomic E-state index is 13.0. The average Bonchev–Trinajstić information content (AvgIpc) is 2.81. The van der Waals surface area contributed by atoms with Crippen LogP contribution in [-0.2, 0) is 21.2 Å². The van der Waals surface area contributed by atoms with Crippen molar-refractivity contribution >= 4 is 33.2 Å². The maximum Gasteiger partial charge on any atom is 0.261 e. The smallest absolute Gasteiger partial charge is 0.261 e. The van der Waals surface area contributed by atoms with Crippen molar-refractivity contribution in [3.05, 3.63) is 59.1 Å². The second kappa shape index (κ2) is 8.24. The molecule has 2 aromatic carbocycles. The van der Waals surface area contributed by atoms with Gasteiger partial charge < -0.3 is 10.1 Å². The predicted molar refractivity (Wildman–Crippen MR) is 115 cm³/mol. The standard InChI is InChI=1S/C21H25ClN2O4S/c1-21(2,14-15-7-5-4-6-8-15)23-20(25)19-11-12-24(29(3,26)27)17-13-16(22)9-10-18(17)28-19/h4-10,13,19H,11-12,14H2,1-3H3,(H,23,25)/t19-/m1/s1. The summed E-state index contributed by atoms with van der Waals surface area (Å²) in [5.74, 6) is 0.0422. The molecule has 1 aliphatic heterocycles. The molecule has 3 rings (SSSR count). The zero-order valence-electron chi connectivity index (χ0n) is 16.7. The number of hydrogen-bond donors (Lipinski definition) is 1. The molecule has 0 fully saturated rings. The minimum atomic E-state index is -3.54. The SMILES string of the molecule is CC(C)(Cc1ccccc1)NC(=O)[C@H]1CCN(S(C)(=O)=O)c2cc(Cl)ccc2O1. The lowest BCUT2D eigenvalue weighted by Gasteiger charge is -2.29. The van der Waals surface area contributed by atoms with Gasteiger partial charge in [-0.15, -0.1) is 0 Å². The molecule has 1 heterocycles. The number of carbonyl (C=O) groups excluding carboxylic acids is 1. The van der Waals surface area contributed by atoms with Crippen molar-refractivity contribution < 1.29 is 17.9 Å². The van der Waals surface area contributed by atoms with Gasteiger partial charge in [-0.1, -0.05) is 41.9 Å². The van der Waals surface area contributed by atoms with Crippen LogP contribution < -0.4 is 14.4 Å². The summed E-state index contributed by atoms with van der Waals surface area (Å²) in [7, 11) is -3.54. The molecule has 1 N–H and O–H groups in total. The van der Waals surface area contributed by atoms with Crippen LogP contribution in [0.1, 0.15) is 25.8 Å². The largest absolute Gasteiger partial charge is 0.478 e. The van der Waals surface area contributed by atoms with Crippen molar-refractivity contribution in [1.82, 2.24) is 5.32 Å². The summed E-state index contributed by atoms with van der Waals surface area (Å²) in [6.07, 6.45) is 1.21. The molecule has 29 heavy (non-hydrogen) atoms. The van der Waals surface area contributed by atoms with E-state index in [-0.39, 0.29) is 18.9 Å². The number of hydrogen-bond acceptors (Lipinski definition) is 4. The van der Waals surface area contributed by atoms with Crippen LogP contribution in [-0.4, -0.2) is 38.8 Å². The monoisotopic (exact) mass is 436 g/mol. The van der Waals surface area contributed by atoms with Crippen LogP contribution in [0.3, 0.4) is 0 Å². The Kier molecular flexibility index (Phi) is 6.10. The van der Waals surface area contributed by atoms with Gasteiger partial charge in [-0.2, -0.15) is 0 Å². The van der Waals surface area contributed by atoms with Crippen LogP contribution in [0.4, 0.5) is 5.69 Å². The Hall–Kier alpha value is -2.25. The fourth-order valence-electron chi connectivity index (χ4n) is 3.45. The first-order valence-electron chi connectivity index (χ1n) is 9.35. The topological polar surface area (TPSA) is 75.7 Å². The lowest BCUT2D eigenvalue weighted by atomic mass is 9.94. The summed E-state index contributed by atoms with van der Waals surface area (Å²) in [5.41, 5.74) is 0.967. The first kappa shape index (κ1) is 21.5. The summed E-state index contributed by atoms with van der Waals surface area (Å²) < 4.78 is 31.6. The Bertz CT molecular complexity index is 993. The van der Waals surface area contributed by atoms with Crippen LogP contribution in [0.25, 0.3) is 0 Å². The molecule has 0 saturated heterocycles. The number of amides is 1. The number of halogens is 1. The molecule has 6 nitrogen and oxygen atoms in total. The molecule has 1 aliphatic rings. The van der Waals surface area contributed by atoms with E-state index < -0.39 is 21.7 Å². The van der Waals surface area contributed by atoms with E-state index in [0.29, 0.717) is 22.9 Å². The zero-order chi connectivity index (χ0) is 21.2. The van der Waals surface area contributed by atoms with E-state index in [4.69, 9.17) is 16.3 Å². The Morgan fingerprint density at radius 2 is 1.93 bits per heavy atom. The Labute approximate surface area is 176 Å². The molecular formula is C21H25ClN2O4S. The Morgan fingerprint density at radius 3 is 2.59 bits per heavy atom. The highest BCUT2D eigenvalue weighted by Gasteiger charge is 2.33. The van der Waals surface area contributed by atoms with Crippen LogP contribution in [0.2, 0.25) is 5.02 Å². The molecule has 0 aliphatic carbocycles. The molecule has 0 radical (unpaired) electrons. The van der Waals surface area contributed by atoms with E-state index in [1.165, 1.54) is 10.4 Å². The number of nitrogens with one attached hydrogen (secondary N) is 1. The number of anilines is 1. The minimum Gasteiger partial charge on any atom is -0.478 e. The maximum absolute atomic E-state index is 13.0. The fourth-order valence-corrected chi connectivity index (χ4v) is 4.55. The zero-order valence-corrected chi connectivity index (χ0v) is 18.3. The van der Waals surface area contributed by atoms with Crippen molar-refractivity contribution in [1.29, 1.82) is 0 Å². The Balaban J connectivity index is 1.79. The molecule has 8 heteroatoms. The van der Waals surface area contributed by atoms with Crippen molar-refractivity contribution in [2.24, 2.45) is 0 Å². The average molecular weight is 437 g/mol. The molecule has 0 unspecified atom stereocenters. The first-order valence-corrected chi connectivity index (χ1v) is 11.6. The minimum absolute atomic E-state index is 0.128. The van der Waals surface area contributed by atoms with Crippen LogP contribution in [0, 0.1) is 0 Å². The van der Waals surface area contributed by atoms with Gasteiger partial charge in [0.15, 0.2) is 6.10 Å². The second-order valence-corrected chi connectivity index (χ2v) is 10.2.